The van der Waals surface area contributed by atoms with Crippen molar-refractivity contribution in [3.63, 3.8) is 0 Å². The molecule has 4 rings (SSSR count). The van der Waals surface area contributed by atoms with Crippen LogP contribution in [-0.4, -0.2) is 36.1 Å². The van der Waals surface area contributed by atoms with Crippen molar-refractivity contribution < 1.29 is 13.2 Å². The number of piperazine rings is 1. The van der Waals surface area contributed by atoms with Crippen LogP contribution in [0, 0.1) is 17.5 Å². The summed E-state index contributed by atoms with van der Waals surface area (Å²) in [6.45, 7) is 2.52. The molecule has 144 valence electrons. The highest BCUT2D eigenvalue weighted by atomic mass is 19.1. The molecule has 0 unspecified atom stereocenters. The number of para-hydroxylation sites is 1. The van der Waals surface area contributed by atoms with Crippen molar-refractivity contribution in [2.24, 2.45) is 0 Å². The Labute approximate surface area is 160 Å². The smallest absolute Gasteiger partial charge is 0.227 e. The topological polar surface area (TPSA) is 44.3 Å². The Morgan fingerprint density at radius 1 is 0.821 bits per heavy atom. The molecule has 1 aliphatic rings. The molecule has 1 aliphatic heterocycles. The Morgan fingerprint density at radius 2 is 1.57 bits per heavy atom. The molecule has 8 heteroatoms. The van der Waals surface area contributed by atoms with Gasteiger partial charge in [-0.2, -0.15) is 4.98 Å². The highest BCUT2D eigenvalue weighted by Crippen LogP contribution is 2.23. The molecule has 5 nitrogen and oxygen atoms in total. The maximum absolute atomic E-state index is 14.0. The number of hydrogen-bond donors (Lipinski definition) is 1. The van der Waals surface area contributed by atoms with Gasteiger partial charge in [-0.3, -0.25) is 0 Å². The Kier molecular flexibility index (Phi) is 5.01. The maximum atomic E-state index is 14.0. The first-order valence-corrected chi connectivity index (χ1v) is 8.90. The van der Waals surface area contributed by atoms with Gasteiger partial charge >= 0.3 is 0 Å². The number of hydrogen-bond acceptors (Lipinski definition) is 5. The Balaban J connectivity index is 1.44. The van der Waals surface area contributed by atoms with E-state index in [0.717, 1.165) is 6.07 Å². The molecule has 2 heterocycles. The summed E-state index contributed by atoms with van der Waals surface area (Å²) in [4.78, 5) is 12.7. The SMILES string of the molecule is Fc1ccc(Nc2ccnc(N3CCN(c4ccccc4F)CC3)n2)c(F)c1. The van der Waals surface area contributed by atoms with Gasteiger partial charge in [0.1, 0.15) is 23.3 Å². The van der Waals surface area contributed by atoms with Gasteiger partial charge in [-0.05, 0) is 30.3 Å². The predicted molar refractivity (Wildman–Crippen MR) is 102 cm³/mol. The molecule has 0 spiro atoms. The fraction of sp³-hybridized carbons (Fsp3) is 0.200. The van der Waals surface area contributed by atoms with Crippen molar-refractivity contribution >= 4 is 23.1 Å². The molecule has 0 amide bonds. The molecular weight excluding hydrogens is 367 g/mol. The monoisotopic (exact) mass is 385 g/mol. The summed E-state index contributed by atoms with van der Waals surface area (Å²) < 4.78 is 40.9. The number of rotatable bonds is 4. The number of anilines is 4. The van der Waals surface area contributed by atoms with Crippen molar-refractivity contribution in [2.45, 2.75) is 0 Å². The second-order valence-corrected chi connectivity index (χ2v) is 6.42. The number of aromatic nitrogens is 2. The molecule has 0 radical (unpaired) electrons. The van der Waals surface area contributed by atoms with Crippen LogP contribution in [0.4, 0.5) is 36.3 Å². The van der Waals surface area contributed by atoms with E-state index in [9.17, 15) is 13.2 Å². The van der Waals surface area contributed by atoms with Gasteiger partial charge in [0.05, 0.1) is 11.4 Å². The van der Waals surface area contributed by atoms with Crippen molar-refractivity contribution in [1.82, 2.24) is 9.97 Å². The summed E-state index contributed by atoms with van der Waals surface area (Å²) in [6.07, 6.45) is 1.58. The summed E-state index contributed by atoms with van der Waals surface area (Å²) in [5.74, 6) is -0.662. The van der Waals surface area contributed by atoms with Gasteiger partial charge in [0.15, 0.2) is 0 Å². The number of nitrogens with one attached hydrogen (secondary N) is 1. The van der Waals surface area contributed by atoms with Crippen LogP contribution in [0.2, 0.25) is 0 Å². The quantitative estimate of drug-likeness (QED) is 0.736. The third kappa shape index (κ3) is 3.85. The van der Waals surface area contributed by atoms with Gasteiger partial charge in [-0.1, -0.05) is 12.1 Å². The molecule has 1 saturated heterocycles. The van der Waals surface area contributed by atoms with E-state index in [2.05, 4.69) is 15.3 Å². The third-order valence-electron chi connectivity index (χ3n) is 4.59. The minimum Gasteiger partial charge on any atom is -0.366 e. The van der Waals surface area contributed by atoms with Crippen LogP contribution in [0.3, 0.4) is 0 Å². The van der Waals surface area contributed by atoms with E-state index >= 15 is 0 Å². The highest BCUT2D eigenvalue weighted by Gasteiger charge is 2.21. The number of benzene rings is 2. The molecule has 28 heavy (non-hydrogen) atoms. The van der Waals surface area contributed by atoms with Crippen molar-refractivity contribution in [2.75, 3.05) is 41.3 Å². The summed E-state index contributed by atoms with van der Waals surface area (Å²) in [7, 11) is 0. The predicted octanol–water partition coefficient (Wildman–Crippen LogP) is 3.96. The molecule has 1 fully saturated rings. The molecule has 0 saturated carbocycles. The second-order valence-electron chi connectivity index (χ2n) is 6.42. The van der Waals surface area contributed by atoms with Gasteiger partial charge < -0.3 is 15.1 Å². The average molecular weight is 385 g/mol. The zero-order valence-electron chi connectivity index (χ0n) is 14.9. The van der Waals surface area contributed by atoms with Gasteiger partial charge in [0.25, 0.3) is 0 Å². The third-order valence-corrected chi connectivity index (χ3v) is 4.59. The first kappa shape index (κ1) is 18.1. The summed E-state index contributed by atoms with van der Waals surface area (Å²) in [6, 6.07) is 11.6. The molecule has 0 atom stereocenters. The molecule has 1 aromatic heterocycles. The van der Waals surface area contributed by atoms with E-state index in [-0.39, 0.29) is 11.5 Å². The fourth-order valence-electron chi connectivity index (χ4n) is 3.15. The fourth-order valence-corrected chi connectivity index (χ4v) is 3.15. The van der Waals surface area contributed by atoms with Crippen LogP contribution in [0.1, 0.15) is 0 Å². The standard InChI is InChI=1S/C20H18F3N5/c21-14-5-6-17(16(23)13-14)25-19-7-8-24-20(26-19)28-11-9-27(10-12-28)18-4-2-1-3-15(18)22/h1-8,13H,9-12H2,(H,24,25,26). The molecule has 3 aromatic rings. The minimum atomic E-state index is -0.696. The van der Waals surface area contributed by atoms with Gasteiger partial charge in [-0.15, -0.1) is 0 Å². The van der Waals surface area contributed by atoms with E-state index in [1.54, 1.807) is 24.4 Å². The number of halogens is 3. The largest absolute Gasteiger partial charge is 0.366 e. The van der Waals surface area contributed by atoms with E-state index in [4.69, 9.17) is 0 Å². The summed E-state index contributed by atoms with van der Waals surface area (Å²) in [5.41, 5.74) is 0.723. The molecule has 0 bridgehead atoms. The lowest BCUT2D eigenvalue weighted by Gasteiger charge is -2.36. The highest BCUT2D eigenvalue weighted by molar-refractivity contribution is 5.58. The first-order valence-electron chi connectivity index (χ1n) is 8.90. The van der Waals surface area contributed by atoms with Gasteiger partial charge in [-0.25, -0.2) is 18.2 Å². The Morgan fingerprint density at radius 3 is 2.32 bits per heavy atom. The van der Waals surface area contributed by atoms with Crippen LogP contribution in [0.25, 0.3) is 0 Å². The van der Waals surface area contributed by atoms with Crippen LogP contribution in [-0.2, 0) is 0 Å². The van der Waals surface area contributed by atoms with Crippen molar-refractivity contribution in [1.29, 1.82) is 0 Å². The van der Waals surface area contributed by atoms with Crippen LogP contribution in [0.5, 0.6) is 0 Å². The first-order chi connectivity index (χ1) is 13.6. The maximum Gasteiger partial charge on any atom is 0.227 e. The lowest BCUT2D eigenvalue weighted by molar-refractivity contribution is 0.585. The van der Waals surface area contributed by atoms with Crippen LogP contribution >= 0.6 is 0 Å². The zero-order chi connectivity index (χ0) is 19.5. The molecule has 1 N–H and O–H groups in total. The number of nitrogens with zero attached hydrogens (tertiary/aromatic N) is 4. The van der Waals surface area contributed by atoms with Crippen LogP contribution < -0.4 is 15.1 Å². The molecule has 0 aliphatic carbocycles. The molecular formula is C20H18F3N5. The summed E-state index contributed by atoms with van der Waals surface area (Å²) >= 11 is 0. The van der Waals surface area contributed by atoms with Crippen molar-refractivity contribution in [3.05, 3.63) is 72.2 Å². The van der Waals surface area contributed by atoms with Crippen LogP contribution in [0.15, 0.2) is 54.7 Å². The van der Waals surface area contributed by atoms with E-state index in [1.165, 1.54) is 18.2 Å². The Bertz CT molecular complexity index is 974. The minimum absolute atomic E-state index is 0.135. The lowest BCUT2D eigenvalue weighted by Crippen LogP contribution is -2.47. The van der Waals surface area contributed by atoms with Gasteiger partial charge in [0.2, 0.25) is 5.95 Å². The van der Waals surface area contributed by atoms with Gasteiger partial charge in [0, 0.05) is 38.4 Å². The van der Waals surface area contributed by atoms with Crippen molar-refractivity contribution in [3.8, 4) is 0 Å². The summed E-state index contributed by atoms with van der Waals surface area (Å²) in [5, 5.41) is 2.84. The normalized spacial score (nSPS) is 14.2. The zero-order valence-corrected chi connectivity index (χ0v) is 14.9. The Hall–Kier alpha value is -3.29. The average Bonchev–Trinajstić information content (AvgIpc) is 2.71. The second kappa shape index (κ2) is 7.75. The van der Waals surface area contributed by atoms with E-state index < -0.39 is 11.6 Å². The molecule has 2 aromatic carbocycles. The lowest BCUT2D eigenvalue weighted by atomic mass is 10.2. The van der Waals surface area contributed by atoms with E-state index in [1.807, 2.05) is 15.9 Å². The van der Waals surface area contributed by atoms with E-state index in [0.29, 0.717) is 43.6 Å².